The summed E-state index contributed by atoms with van der Waals surface area (Å²) < 4.78 is 21.3. The van der Waals surface area contributed by atoms with Crippen molar-refractivity contribution in [1.82, 2.24) is 19.7 Å². The molecule has 1 N–H and O–H groups in total. The van der Waals surface area contributed by atoms with Crippen LogP contribution in [0.15, 0.2) is 48.9 Å². The van der Waals surface area contributed by atoms with Gasteiger partial charge in [0.1, 0.15) is 18.2 Å². The van der Waals surface area contributed by atoms with Crippen molar-refractivity contribution in [2.75, 3.05) is 12.0 Å². The van der Waals surface area contributed by atoms with Crippen LogP contribution < -0.4 is 10.1 Å². The van der Waals surface area contributed by atoms with Crippen LogP contribution in [0.1, 0.15) is 32.1 Å². The summed E-state index contributed by atoms with van der Waals surface area (Å²) in [5.41, 5.74) is 2.54. The number of benzene rings is 1. The molecule has 0 saturated heterocycles. The second kappa shape index (κ2) is 9.01. The van der Waals surface area contributed by atoms with Crippen LogP contribution in [0.5, 0.6) is 11.5 Å². The van der Waals surface area contributed by atoms with Gasteiger partial charge in [0.25, 0.3) is 0 Å². The van der Waals surface area contributed by atoms with Crippen LogP contribution in [0.25, 0.3) is 21.5 Å². The molecule has 0 unspecified atom stereocenters. The highest BCUT2D eigenvalue weighted by Crippen LogP contribution is 2.33. The molecule has 5 rings (SSSR count). The van der Waals surface area contributed by atoms with Crippen molar-refractivity contribution in [3.8, 4) is 22.8 Å². The van der Waals surface area contributed by atoms with Crippen LogP contribution in [0.3, 0.4) is 0 Å². The molecule has 160 valence electrons. The zero-order valence-electron chi connectivity index (χ0n) is 17.1. The molecule has 0 radical (unpaired) electrons. The van der Waals surface area contributed by atoms with Crippen molar-refractivity contribution < 1.29 is 9.13 Å². The standard InChI is InChI=1S/C23H24FN5OS/c24-9-11-29-15-16(14-26-29)21-12-19(8-10-25-21)30-18-6-7-20-22(13-18)31-23(28-20)27-17-4-2-1-3-5-17/h6-8,10,12-15,17H,1-5,9,11H2,(H,27,28). The lowest BCUT2D eigenvalue weighted by molar-refractivity contribution is 0.427. The Bertz CT molecular complexity index is 1170. The minimum atomic E-state index is -0.449. The minimum absolute atomic E-state index is 0.239. The molecule has 0 bridgehead atoms. The van der Waals surface area contributed by atoms with E-state index in [4.69, 9.17) is 9.72 Å². The highest BCUT2D eigenvalue weighted by atomic mass is 32.1. The molecule has 1 aliphatic carbocycles. The quantitative estimate of drug-likeness (QED) is 0.381. The first kappa shape index (κ1) is 19.9. The number of aryl methyl sites for hydroxylation is 1. The number of hydrogen-bond donors (Lipinski definition) is 1. The largest absolute Gasteiger partial charge is 0.457 e. The third-order valence-corrected chi connectivity index (χ3v) is 6.45. The number of fused-ring (bicyclic) bond motifs is 1. The van der Waals surface area contributed by atoms with Gasteiger partial charge >= 0.3 is 0 Å². The smallest absolute Gasteiger partial charge is 0.184 e. The van der Waals surface area contributed by atoms with E-state index >= 15 is 0 Å². The first-order valence-electron chi connectivity index (χ1n) is 10.7. The van der Waals surface area contributed by atoms with Gasteiger partial charge in [-0.2, -0.15) is 5.10 Å². The molecule has 3 heterocycles. The van der Waals surface area contributed by atoms with Crippen molar-refractivity contribution in [2.45, 2.75) is 44.7 Å². The van der Waals surface area contributed by atoms with Crippen molar-refractivity contribution in [2.24, 2.45) is 0 Å². The average molecular weight is 438 g/mol. The predicted octanol–water partition coefficient (Wildman–Crippen LogP) is 6.06. The van der Waals surface area contributed by atoms with Gasteiger partial charge in [0.05, 0.1) is 28.7 Å². The summed E-state index contributed by atoms with van der Waals surface area (Å²) in [7, 11) is 0. The van der Waals surface area contributed by atoms with E-state index in [1.807, 2.05) is 30.3 Å². The van der Waals surface area contributed by atoms with Crippen molar-refractivity contribution in [3.05, 3.63) is 48.9 Å². The van der Waals surface area contributed by atoms with Gasteiger partial charge in [-0.25, -0.2) is 9.37 Å². The number of pyridine rings is 1. The van der Waals surface area contributed by atoms with Crippen molar-refractivity contribution >= 4 is 26.7 Å². The molecule has 31 heavy (non-hydrogen) atoms. The second-order valence-electron chi connectivity index (χ2n) is 7.79. The fourth-order valence-corrected chi connectivity index (χ4v) is 4.90. The first-order valence-corrected chi connectivity index (χ1v) is 11.5. The van der Waals surface area contributed by atoms with Gasteiger partial charge < -0.3 is 10.1 Å². The maximum atomic E-state index is 12.5. The Kier molecular flexibility index (Phi) is 5.80. The van der Waals surface area contributed by atoms with Crippen LogP contribution >= 0.6 is 11.3 Å². The molecule has 0 atom stereocenters. The van der Waals surface area contributed by atoms with E-state index in [9.17, 15) is 4.39 Å². The Hall–Kier alpha value is -3.00. The summed E-state index contributed by atoms with van der Waals surface area (Å²) in [5, 5.41) is 8.74. The molecule has 1 saturated carbocycles. The number of ether oxygens (including phenoxy) is 1. The third kappa shape index (κ3) is 4.69. The average Bonchev–Trinajstić information content (AvgIpc) is 3.41. The molecule has 1 aliphatic rings. The lowest BCUT2D eigenvalue weighted by atomic mass is 9.96. The number of alkyl halides is 1. The summed E-state index contributed by atoms with van der Waals surface area (Å²) in [4.78, 5) is 9.12. The SMILES string of the molecule is FCCn1cc(-c2cc(Oc3ccc4nc(NC5CCCCC5)sc4c3)ccn2)cn1. The molecule has 6 nitrogen and oxygen atoms in total. The summed E-state index contributed by atoms with van der Waals surface area (Å²) in [6, 6.07) is 10.2. The van der Waals surface area contributed by atoms with Gasteiger partial charge in [-0.15, -0.1) is 0 Å². The Labute approximate surface area is 184 Å². The lowest BCUT2D eigenvalue weighted by Crippen LogP contribution is -2.21. The fourth-order valence-electron chi connectivity index (χ4n) is 3.93. The van der Waals surface area contributed by atoms with Crippen molar-refractivity contribution in [3.63, 3.8) is 0 Å². The molecule has 0 amide bonds. The van der Waals surface area contributed by atoms with Crippen LogP contribution in [0.4, 0.5) is 9.52 Å². The van der Waals surface area contributed by atoms with E-state index < -0.39 is 6.67 Å². The Morgan fingerprint density at radius 1 is 1.13 bits per heavy atom. The lowest BCUT2D eigenvalue weighted by Gasteiger charge is -2.22. The summed E-state index contributed by atoms with van der Waals surface area (Å²) in [5.74, 6) is 1.44. The molecule has 8 heteroatoms. The maximum absolute atomic E-state index is 12.5. The molecule has 1 aromatic carbocycles. The number of aromatic nitrogens is 4. The normalized spacial score (nSPS) is 14.7. The van der Waals surface area contributed by atoms with E-state index in [0.29, 0.717) is 11.8 Å². The number of rotatable bonds is 7. The Morgan fingerprint density at radius 3 is 2.87 bits per heavy atom. The fraction of sp³-hybridized carbons (Fsp3) is 0.348. The van der Waals surface area contributed by atoms with Crippen LogP contribution in [0.2, 0.25) is 0 Å². The van der Waals surface area contributed by atoms with E-state index in [0.717, 1.165) is 32.4 Å². The van der Waals surface area contributed by atoms with E-state index in [2.05, 4.69) is 15.4 Å². The van der Waals surface area contributed by atoms with Crippen molar-refractivity contribution in [1.29, 1.82) is 0 Å². The van der Waals surface area contributed by atoms with E-state index in [1.165, 1.54) is 32.1 Å². The molecule has 0 spiro atoms. The zero-order valence-corrected chi connectivity index (χ0v) is 17.9. The number of nitrogens with one attached hydrogen (secondary N) is 1. The number of nitrogens with zero attached hydrogens (tertiary/aromatic N) is 4. The molecule has 3 aromatic heterocycles. The highest BCUT2D eigenvalue weighted by Gasteiger charge is 2.15. The molecule has 4 aromatic rings. The topological polar surface area (TPSA) is 64.9 Å². The minimum Gasteiger partial charge on any atom is -0.457 e. The summed E-state index contributed by atoms with van der Waals surface area (Å²) >= 11 is 1.67. The first-order chi connectivity index (χ1) is 15.3. The molecular weight excluding hydrogens is 413 g/mol. The number of anilines is 1. The number of hydrogen-bond acceptors (Lipinski definition) is 6. The van der Waals surface area contributed by atoms with Gasteiger partial charge in [-0.3, -0.25) is 9.67 Å². The van der Waals surface area contributed by atoms with Gasteiger partial charge in [-0.05, 0) is 31.0 Å². The van der Waals surface area contributed by atoms with Gasteiger partial charge in [-0.1, -0.05) is 30.6 Å². The second-order valence-corrected chi connectivity index (χ2v) is 8.82. The Morgan fingerprint density at radius 2 is 2.00 bits per heavy atom. The summed E-state index contributed by atoms with van der Waals surface area (Å²) in [6.07, 6.45) is 11.6. The van der Waals surface area contributed by atoms with Crippen LogP contribution in [-0.2, 0) is 6.54 Å². The highest BCUT2D eigenvalue weighted by molar-refractivity contribution is 7.22. The van der Waals surface area contributed by atoms with E-state index in [-0.39, 0.29) is 6.54 Å². The molecular formula is C23H24FN5OS. The number of halogens is 1. The van der Waals surface area contributed by atoms with Gasteiger partial charge in [0, 0.05) is 36.1 Å². The maximum Gasteiger partial charge on any atom is 0.184 e. The third-order valence-electron chi connectivity index (χ3n) is 5.50. The zero-order chi connectivity index (χ0) is 21.0. The monoisotopic (exact) mass is 437 g/mol. The van der Waals surface area contributed by atoms with Gasteiger partial charge in [0.15, 0.2) is 5.13 Å². The Balaban J connectivity index is 1.31. The number of thiazole rings is 1. The predicted molar refractivity (Wildman–Crippen MR) is 122 cm³/mol. The van der Waals surface area contributed by atoms with Gasteiger partial charge in [0.2, 0.25) is 0 Å². The van der Waals surface area contributed by atoms with E-state index in [1.54, 1.807) is 34.6 Å². The molecule has 0 aliphatic heterocycles. The van der Waals surface area contributed by atoms with Crippen LogP contribution in [-0.4, -0.2) is 32.5 Å². The van der Waals surface area contributed by atoms with Crippen LogP contribution in [0, 0.1) is 0 Å². The summed E-state index contributed by atoms with van der Waals surface area (Å²) in [6.45, 7) is -0.210. The molecule has 1 fully saturated rings.